The summed E-state index contributed by atoms with van der Waals surface area (Å²) in [5, 5.41) is 0.700. The maximum Gasteiger partial charge on any atom is 0.336 e. The summed E-state index contributed by atoms with van der Waals surface area (Å²) in [5.41, 5.74) is 2.74. The number of sulfonamides is 1. The van der Waals surface area contributed by atoms with Crippen molar-refractivity contribution in [2.45, 2.75) is 51.0 Å². The normalized spacial score (nSPS) is 12.4. The third kappa shape index (κ3) is 5.98. The van der Waals surface area contributed by atoms with Crippen molar-refractivity contribution in [3.05, 3.63) is 94.3 Å². The second kappa shape index (κ2) is 11.1. The Morgan fingerprint density at radius 3 is 2.38 bits per heavy atom. The lowest BCUT2D eigenvalue weighted by molar-refractivity contribution is -0.136. The third-order valence-electron chi connectivity index (χ3n) is 6.17. The molecule has 0 spiro atoms. The van der Waals surface area contributed by atoms with Gasteiger partial charge < -0.3 is 9.15 Å². The molecule has 0 radical (unpaired) electrons. The van der Waals surface area contributed by atoms with Gasteiger partial charge in [-0.25, -0.2) is 18.0 Å². The summed E-state index contributed by atoms with van der Waals surface area (Å²) in [4.78, 5) is 25.6. The van der Waals surface area contributed by atoms with Crippen LogP contribution in [0.15, 0.2) is 86.9 Å². The van der Waals surface area contributed by atoms with E-state index in [0.717, 1.165) is 17.5 Å². The van der Waals surface area contributed by atoms with E-state index in [9.17, 15) is 18.0 Å². The number of aryl methyl sites for hydroxylation is 2. The highest BCUT2D eigenvalue weighted by Crippen LogP contribution is 2.33. The van der Waals surface area contributed by atoms with Crippen LogP contribution in [0.4, 0.5) is 0 Å². The average molecular weight is 520 g/mol. The molecule has 1 unspecified atom stereocenters. The van der Waals surface area contributed by atoms with Gasteiger partial charge in [0.15, 0.2) is 0 Å². The molecule has 192 valence electrons. The standard InChI is InChI=1S/C29H29NO6S/c1-4-5-11-25(30-37(33,34)22-14-12-19(2)13-15-22)29(32)35-26-17-16-23-24(21-9-7-6-8-10-21)18-27(31)36-28(23)20(26)3/h6-10,12-18,25,30H,4-5,11H2,1-3H3. The Labute approximate surface area is 216 Å². The van der Waals surface area contributed by atoms with Crippen molar-refractivity contribution in [1.29, 1.82) is 0 Å². The van der Waals surface area contributed by atoms with Gasteiger partial charge in [-0.3, -0.25) is 0 Å². The summed E-state index contributed by atoms with van der Waals surface area (Å²) >= 11 is 0. The molecule has 1 aromatic heterocycles. The number of benzene rings is 3. The maximum atomic E-state index is 13.2. The largest absolute Gasteiger partial charge is 0.425 e. The average Bonchev–Trinajstić information content (AvgIpc) is 2.88. The monoisotopic (exact) mass is 519 g/mol. The molecule has 4 aromatic rings. The Bertz CT molecular complexity index is 1580. The van der Waals surface area contributed by atoms with E-state index in [1.54, 1.807) is 31.2 Å². The van der Waals surface area contributed by atoms with E-state index in [0.29, 0.717) is 28.5 Å². The van der Waals surface area contributed by atoms with Gasteiger partial charge in [-0.2, -0.15) is 4.72 Å². The predicted octanol–water partition coefficient (Wildman–Crippen LogP) is 5.52. The summed E-state index contributed by atoms with van der Waals surface area (Å²) in [7, 11) is -3.94. The summed E-state index contributed by atoms with van der Waals surface area (Å²) in [6.45, 7) is 5.51. The third-order valence-corrected chi connectivity index (χ3v) is 7.65. The van der Waals surface area contributed by atoms with E-state index < -0.39 is 27.7 Å². The Hall–Kier alpha value is -3.75. The van der Waals surface area contributed by atoms with Gasteiger partial charge in [0.1, 0.15) is 17.4 Å². The first-order valence-electron chi connectivity index (χ1n) is 12.1. The lowest BCUT2D eigenvalue weighted by atomic mass is 10.00. The van der Waals surface area contributed by atoms with Crippen LogP contribution in [0.2, 0.25) is 0 Å². The lowest BCUT2D eigenvalue weighted by Crippen LogP contribution is -2.43. The minimum Gasteiger partial charge on any atom is -0.425 e. The van der Waals surface area contributed by atoms with Crippen LogP contribution >= 0.6 is 0 Å². The molecule has 0 aliphatic carbocycles. The van der Waals surface area contributed by atoms with Gasteiger partial charge in [-0.05, 0) is 55.7 Å². The van der Waals surface area contributed by atoms with Crippen molar-refractivity contribution in [3.8, 4) is 16.9 Å². The van der Waals surface area contributed by atoms with Crippen LogP contribution in [-0.2, 0) is 14.8 Å². The minimum absolute atomic E-state index is 0.0736. The zero-order chi connectivity index (χ0) is 26.6. The van der Waals surface area contributed by atoms with Crippen molar-refractivity contribution in [3.63, 3.8) is 0 Å². The molecule has 0 saturated carbocycles. The second-order valence-electron chi connectivity index (χ2n) is 8.96. The number of carbonyl (C=O) groups excluding carboxylic acids is 1. The van der Waals surface area contributed by atoms with Crippen molar-refractivity contribution in [2.24, 2.45) is 0 Å². The molecule has 0 aliphatic rings. The predicted molar refractivity (Wildman–Crippen MR) is 143 cm³/mol. The number of rotatable bonds is 9. The maximum absolute atomic E-state index is 13.2. The molecule has 7 nitrogen and oxygen atoms in total. The van der Waals surface area contributed by atoms with Crippen LogP contribution in [-0.4, -0.2) is 20.4 Å². The highest BCUT2D eigenvalue weighted by Gasteiger charge is 2.28. The van der Waals surface area contributed by atoms with E-state index in [1.165, 1.54) is 18.2 Å². The van der Waals surface area contributed by atoms with Crippen molar-refractivity contribution in [2.75, 3.05) is 0 Å². The van der Waals surface area contributed by atoms with Gasteiger partial charge in [0.05, 0.1) is 4.90 Å². The summed E-state index contributed by atoms with van der Waals surface area (Å²) in [6.07, 6.45) is 1.68. The number of fused-ring (bicyclic) bond motifs is 1. The van der Waals surface area contributed by atoms with E-state index in [1.807, 2.05) is 44.2 Å². The Morgan fingerprint density at radius 1 is 1.00 bits per heavy atom. The minimum atomic E-state index is -3.94. The summed E-state index contributed by atoms with van der Waals surface area (Å²) < 4.78 is 39.6. The molecular formula is C29H29NO6S. The molecule has 4 rings (SSSR count). The number of esters is 1. The van der Waals surface area contributed by atoms with Crippen LogP contribution in [0, 0.1) is 13.8 Å². The zero-order valence-electron chi connectivity index (χ0n) is 21.0. The second-order valence-corrected chi connectivity index (χ2v) is 10.7. The number of hydrogen-bond donors (Lipinski definition) is 1. The van der Waals surface area contributed by atoms with E-state index in [-0.39, 0.29) is 17.1 Å². The number of hydrogen-bond acceptors (Lipinski definition) is 6. The number of nitrogens with one attached hydrogen (secondary N) is 1. The quantitative estimate of drug-likeness (QED) is 0.177. The first kappa shape index (κ1) is 26.3. The zero-order valence-corrected chi connectivity index (χ0v) is 21.8. The number of ether oxygens (including phenoxy) is 1. The van der Waals surface area contributed by atoms with Crippen molar-refractivity contribution < 1.29 is 22.4 Å². The van der Waals surface area contributed by atoms with E-state index in [2.05, 4.69) is 4.72 Å². The topological polar surface area (TPSA) is 103 Å². The smallest absolute Gasteiger partial charge is 0.336 e. The summed E-state index contributed by atoms with van der Waals surface area (Å²) in [6, 6.07) is 19.6. The Balaban J connectivity index is 1.65. The SMILES string of the molecule is CCCCC(NS(=O)(=O)c1ccc(C)cc1)C(=O)Oc1ccc2c(-c3ccccc3)cc(=O)oc2c1C. The molecule has 0 saturated heterocycles. The molecule has 8 heteroatoms. The van der Waals surface area contributed by atoms with Gasteiger partial charge >= 0.3 is 11.6 Å². The fourth-order valence-electron chi connectivity index (χ4n) is 4.10. The van der Waals surface area contributed by atoms with Crippen LogP contribution in [0.3, 0.4) is 0 Å². The van der Waals surface area contributed by atoms with Gasteiger partial charge in [-0.15, -0.1) is 0 Å². The molecule has 0 fully saturated rings. The van der Waals surface area contributed by atoms with Crippen LogP contribution in [0.5, 0.6) is 5.75 Å². The van der Waals surface area contributed by atoms with Gasteiger partial charge in [0.2, 0.25) is 10.0 Å². The van der Waals surface area contributed by atoms with Crippen molar-refractivity contribution in [1.82, 2.24) is 4.72 Å². The fraction of sp³-hybridized carbons (Fsp3) is 0.241. The molecular weight excluding hydrogens is 490 g/mol. The van der Waals surface area contributed by atoms with E-state index in [4.69, 9.17) is 9.15 Å². The molecule has 1 N–H and O–H groups in total. The van der Waals surface area contributed by atoms with Crippen LogP contribution < -0.4 is 15.1 Å². The molecule has 3 aromatic carbocycles. The Kier molecular flexibility index (Phi) is 7.90. The first-order valence-corrected chi connectivity index (χ1v) is 13.6. The van der Waals surface area contributed by atoms with Crippen molar-refractivity contribution >= 4 is 27.0 Å². The Morgan fingerprint density at radius 2 is 1.70 bits per heavy atom. The lowest BCUT2D eigenvalue weighted by Gasteiger charge is -2.19. The number of unbranched alkanes of at least 4 members (excludes halogenated alkanes) is 1. The van der Waals surface area contributed by atoms with Gasteiger partial charge in [0, 0.05) is 17.0 Å². The first-order chi connectivity index (χ1) is 17.7. The van der Waals surface area contributed by atoms with Gasteiger partial charge in [0.25, 0.3) is 0 Å². The van der Waals surface area contributed by atoms with Gasteiger partial charge in [-0.1, -0.05) is 67.8 Å². The summed E-state index contributed by atoms with van der Waals surface area (Å²) in [5.74, 6) is -0.532. The molecule has 0 bridgehead atoms. The molecule has 1 atom stereocenters. The molecule has 0 aliphatic heterocycles. The fourth-order valence-corrected chi connectivity index (χ4v) is 5.31. The van der Waals surface area contributed by atoms with Crippen LogP contribution in [0.1, 0.15) is 37.3 Å². The number of carbonyl (C=O) groups is 1. The highest BCUT2D eigenvalue weighted by molar-refractivity contribution is 7.89. The highest BCUT2D eigenvalue weighted by atomic mass is 32.2. The van der Waals surface area contributed by atoms with Crippen LogP contribution in [0.25, 0.3) is 22.1 Å². The molecule has 0 amide bonds. The van der Waals surface area contributed by atoms with E-state index >= 15 is 0 Å². The molecule has 1 heterocycles. The molecule has 37 heavy (non-hydrogen) atoms.